The zero-order chi connectivity index (χ0) is 22.3. The Kier molecular flexibility index (Phi) is 8.19. The van der Waals surface area contributed by atoms with Gasteiger partial charge in [-0.3, -0.25) is 0 Å². The molecular formula is C29H38FNSi. The van der Waals surface area contributed by atoms with E-state index in [-0.39, 0.29) is 14.4 Å². The van der Waals surface area contributed by atoms with E-state index < -0.39 is 5.82 Å². The molecule has 2 aliphatic rings. The molecule has 0 spiro atoms. The lowest BCUT2D eigenvalue weighted by molar-refractivity contribution is 0.280. The number of benzene rings is 2. The Morgan fingerprint density at radius 1 is 0.875 bits per heavy atom. The molecule has 0 atom stereocenters. The summed E-state index contributed by atoms with van der Waals surface area (Å²) in [5.41, 5.74) is 3.39. The topological polar surface area (TPSA) is 23.8 Å². The van der Waals surface area contributed by atoms with Crippen LogP contribution in [0.25, 0.3) is 11.1 Å². The minimum Gasteiger partial charge on any atom is -0.206 e. The summed E-state index contributed by atoms with van der Waals surface area (Å²) in [7, 11) is -0.329. The molecule has 1 nitrogen and oxygen atoms in total. The molecule has 0 radical (unpaired) electrons. The average molecular weight is 448 g/mol. The number of nitriles is 1. The molecule has 3 heteroatoms. The predicted octanol–water partition coefficient (Wildman–Crippen LogP) is 8.47. The van der Waals surface area contributed by atoms with Crippen LogP contribution in [0.4, 0.5) is 4.39 Å². The minimum atomic E-state index is -0.441. The van der Waals surface area contributed by atoms with Gasteiger partial charge >= 0.3 is 0 Å². The van der Waals surface area contributed by atoms with Gasteiger partial charge in [0.1, 0.15) is 11.9 Å². The number of nitrogens with zero attached hydrogens (tertiary/aromatic N) is 1. The molecule has 32 heavy (non-hydrogen) atoms. The summed E-state index contributed by atoms with van der Waals surface area (Å²) < 4.78 is 14.0. The van der Waals surface area contributed by atoms with Crippen molar-refractivity contribution in [1.29, 1.82) is 5.26 Å². The molecular weight excluding hydrogens is 409 g/mol. The van der Waals surface area contributed by atoms with E-state index in [0.29, 0.717) is 5.92 Å². The van der Waals surface area contributed by atoms with E-state index >= 15 is 0 Å². The standard InChI is InChI=1S/C29H38FNSi/c1-2-17-32-18-15-23(16-19-32)4-3-22-5-7-24(8-6-22)25-9-11-26(12-10-25)27-13-14-28(21-31)29(30)20-27/h9-14,20,22-24,32H,2-8,15-19H2,1H3/t22-,23?,24-,32?. The van der Waals surface area contributed by atoms with Gasteiger partial charge in [-0.25, -0.2) is 4.39 Å². The van der Waals surface area contributed by atoms with Crippen LogP contribution in [0, 0.1) is 29.0 Å². The molecule has 0 amide bonds. The number of rotatable bonds is 7. The fraction of sp³-hybridized carbons (Fsp3) is 0.552. The van der Waals surface area contributed by atoms with Gasteiger partial charge < -0.3 is 0 Å². The largest absolute Gasteiger partial charge is 0.206 e. The normalized spacial score (nSPS) is 25.9. The molecule has 170 valence electrons. The van der Waals surface area contributed by atoms with Crippen LogP contribution in [-0.4, -0.2) is 8.80 Å². The summed E-state index contributed by atoms with van der Waals surface area (Å²) in [6.45, 7) is 2.36. The molecule has 4 rings (SSSR count). The molecule has 1 aliphatic heterocycles. The van der Waals surface area contributed by atoms with Gasteiger partial charge in [-0.15, -0.1) is 0 Å². The van der Waals surface area contributed by atoms with Gasteiger partial charge in [0.25, 0.3) is 0 Å². The summed E-state index contributed by atoms with van der Waals surface area (Å²) >= 11 is 0. The number of hydrogen-bond acceptors (Lipinski definition) is 1. The number of hydrogen-bond donors (Lipinski definition) is 0. The Balaban J connectivity index is 1.23. The van der Waals surface area contributed by atoms with Gasteiger partial charge in [0.05, 0.1) is 5.56 Å². The molecule has 0 unspecified atom stereocenters. The van der Waals surface area contributed by atoms with Crippen molar-refractivity contribution in [3.8, 4) is 17.2 Å². The lowest BCUT2D eigenvalue weighted by Gasteiger charge is -2.32. The predicted molar refractivity (Wildman–Crippen MR) is 135 cm³/mol. The zero-order valence-electron chi connectivity index (χ0n) is 19.7. The maximum Gasteiger partial charge on any atom is 0.141 e. The quantitative estimate of drug-likeness (QED) is 0.390. The second-order valence-electron chi connectivity index (χ2n) is 10.4. The van der Waals surface area contributed by atoms with Crippen molar-refractivity contribution in [1.82, 2.24) is 0 Å². The van der Waals surface area contributed by atoms with Gasteiger partial charge in [-0.05, 0) is 72.3 Å². The van der Waals surface area contributed by atoms with E-state index in [4.69, 9.17) is 5.26 Å². The first-order chi connectivity index (χ1) is 15.7. The minimum absolute atomic E-state index is 0.105. The van der Waals surface area contributed by atoms with Crippen molar-refractivity contribution in [3.63, 3.8) is 0 Å². The summed E-state index contributed by atoms with van der Waals surface area (Å²) in [4.78, 5) is 0. The Bertz CT molecular complexity index is 900. The maximum atomic E-state index is 14.0. The molecule has 2 aromatic carbocycles. The van der Waals surface area contributed by atoms with Crippen LogP contribution in [0.3, 0.4) is 0 Å². The highest BCUT2D eigenvalue weighted by molar-refractivity contribution is 6.58. The lowest BCUT2D eigenvalue weighted by atomic mass is 9.76. The van der Waals surface area contributed by atoms with Crippen molar-refractivity contribution >= 4 is 8.80 Å². The summed E-state index contributed by atoms with van der Waals surface area (Å²) in [5, 5.41) is 8.92. The molecule has 1 saturated carbocycles. The van der Waals surface area contributed by atoms with Crippen molar-refractivity contribution in [2.24, 2.45) is 11.8 Å². The highest BCUT2D eigenvalue weighted by Crippen LogP contribution is 2.40. The van der Waals surface area contributed by atoms with Gasteiger partial charge in [-0.1, -0.05) is 87.5 Å². The molecule has 2 aromatic rings. The van der Waals surface area contributed by atoms with Crippen LogP contribution in [0.1, 0.15) is 81.8 Å². The van der Waals surface area contributed by atoms with E-state index in [1.807, 2.05) is 12.1 Å². The van der Waals surface area contributed by atoms with E-state index in [9.17, 15) is 4.39 Å². The summed E-state index contributed by atoms with van der Waals surface area (Å²) in [6, 6.07) is 20.3. The van der Waals surface area contributed by atoms with E-state index in [2.05, 4.69) is 31.2 Å². The maximum absolute atomic E-state index is 14.0. The average Bonchev–Trinajstić information content (AvgIpc) is 2.84. The van der Waals surface area contributed by atoms with Crippen LogP contribution in [0.2, 0.25) is 18.1 Å². The highest BCUT2D eigenvalue weighted by atomic mass is 28.3. The summed E-state index contributed by atoms with van der Waals surface area (Å²) in [5.74, 6) is 2.21. The molecule has 1 saturated heterocycles. The van der Waals surface area contributed by atoms with E-state index in [1.165, 1.54) is 56.6 Å². The Labute approximate surface area is 195 Å². The van der Waals surface area contributed by atoms with Crippen molar-refractivity contribution in [3.05, 3.63) is 59.4 Å². The van der Waals surface area contributed by atoms with Gasteiger partial charge in [0, 0.05) is 8.80 Å². The van der Waals surface area contributed by atoms with Crippen molar-refractivity contribution in [2.45, 2.75) is 88.8 Å². The zero-order valence-corrected chi connectivity index (χ0v) is 20.8. The van der Waals surface area contributed by atoms with Crippen LogP contribution in [0.15, 0.2) is 42.5 Å². The molecule has 1 heterocycles. The first kappa shape index (κ1) is 23.2. The fourth-order valence-corrected chi connectivity index (χ4v) is 9.77. The third-order valence-corrected chi connectivity index (χ3v) is 12.0. The molecule has 1 aliphatic carbocycles. The van der Waals surface area contributed by atoms with Crippen LogP contribution in [0.5, 0.6) is 0 Å². The van der Waals surface area contributed by atoms with Crippen LogP contribution < -0.4 is 0 Å². The second-order valence-corrected chi connectivity index (χ2v) is 13.9. The molecule has 2 fully saturated rings. The van der Waals surface area contributed by atoms with E-state index in [0.717, 1.165) is 23.0 Å². The number of halogens is 1. The fourth-order valence-electron chi connectivity index (χ4n) is 6.21. The molecule has 0 N–H and O–H groups in total. The van der Waals surface area contributed by atoms with Crippen LogP contribution in [-0.2, 0) is 0 Å². The monoisotopic (exact) mass is 447 g/mol. The van der Waals surface area contributed by atoms with Gasteiger partial charge in [0.2, 0.25) is 0 Å². The Hall–Kier alpha value is -1.92. The summed E-state index contributed by atoms with van der Waals surface area (Å²) in [6.07, 6.45) is 12.8. The first-order valence-corrected chi connectivity index (χ1v) is 15.4. The molecule has 0 aromatic heterocycles. The van der Waals surface area contributed by atoms with Gasteiger partial charge in [-0.2, -0.15) is 5.26 Å². The Morgan fingerprint density at radius 3 is 2.09 bits per heavy atom. The van der Waals surface area contributed by atoms with Crippen molar-refractivity contribution in [2.75, 3.05) is 0 Å². The van der Waals surface area contributed by atoms with Crippen LogP contribution >= 0.6 is 0 Å². The Morgan fingerprint density at radius 2 is 1.50 bits per heavy atom. The highest BCUT2D eigenvalue weighted by Gasteiger charge is 2.25. The molecule has 0 bridgehead atoms. The second kappa shape index (κ2) is 11.3. The third-order valence-electron chi connectivity index (χ3n) is 8.30. The lowest BCUT2D eigenvalue weighted by Crippen LogP contribution is -2.22. The first-order valence-electron chi connectivity index (χ1n) is 13.0. The third kappa shape index (κ3) is 5.90. The smallest absolute Gasteiger partial charge is 0.141 e. The van der Waals surface area contributed by atoms with E-state index in [1.54, 1.807) is 37.0 Å². The van der Waals surface area contributed by atoms with Gasteiger partial charge in [0.15, 0.2) is 0 Å². The SMILES string of the molecule is CCC[SiH]1CCC(CC[C@H]2CC[C@H](c3ccc(-c4ccc(C#N)c(F)c4)cc3)CC2)CC1. The van der Waals surface area contributed by atoms with Crippen molar-refractivity contribution < 1.29 is 4.39 Å².